The summed E-state index contributed by atoms with van der Waals surface area (Å²) in [6, 6.07) is 8.64. The summed E-state index contributed by atoms with van der Waals surface area (Å²) in [5.41, 5.74) is 3.60. The van der Waals surface area contributed by atoms with Gasteiger partial charge in [-0.3, -0.25) is 0 Å². The molecule has 1 aromatic heterocycles. The fourth-order valence-corrected chi connectivity index (χ4v) is 4.41. The average molecular weight is 326 g/mol. The van der Waals surface area contributed by atoms with E-state index in [-0.39, 0.29) is 0 Å². The monoisotopic (exact) mass is 326 g/mol. The minimum absolute atomic E-state index is 0.300. The van der Waals surface area contributed by atoms with Crippen LogP contribution in [0.4, 0.5) is 0 Å². The third-order valence-electron chi connectivity index (χ3n) is 4.83. The lowest BCUT2D eigenvalue weighted by molar-refractivity contribution is 0.417. The summed E-state index contributed by atoms with van der Waals surface area (Å²) in [6.45, 7) is 4.31. The van der Waals surface area contributed by atoms with Crippen molar-refractivity contribution < 1.29 is 0 Å². The molecule has 0 bridgehead atoms. The Morgan fingerprint density at radius 1 is 1.04 bits per heavy atom. The zero-order chi connectivity index (χ0) is 15.8. The first kappa shape index (κ1) is 14.9. The van der Waals surface area contributed by atoms with Crippen LogP contribution < -0.4 is 0 Å². The van der Waals surface area contributed by atoms with E-state index >= 15 is 0 Å². The molecular weight excluding hydrogens is 304 g/mol. The van der Waals surface area contributed by atoms with Crippen molar-refractivity contribution in [1.29, 1.82) is 0 Å². The molecule has 1 fully saturated rings. The summed E-state index contributed by atoms with van der Waals surface area (Å²) in [6.07, 6.45) is 6.37. The summed E-state index contributed by atoms with van der Waals surface area (Å²) in [4.78, 5) is 0. The van der Waals surface area contributed by atoms with E-state index in [4.69, 9.17) is 5.10 Å². The molecule has 2 heterocycles. The maximum Gasteiger partial charge on any atom is 0.212 e. The van der Waals surface area contributed by atoms with Crippen LogP contribution in [-0.4, -0.2) is 25.8 Å². The number of aromatic nitrogens is 3. The van der Waals surface area contributed by atoms with Crippen LogP contribution in [-0.2, 0) is 0 Å². The van der Waals surface area contributed by atoms with Crippen molar-refractivity contribution in [3.8, 4) is 0 Å². The van der Waals surface area contributed by atoms with E-state index in [1.807, 2.05) is 4.68 Å². The minimum atomic E-state index is 0.300. The zero-order valence-electron chi connectivity index (χ0n) is 13.7. The smallest absolute Gasteiger partial charge is 0.191 e. The van der Waals surface area contributed by atoms with Crippen LogP contribution in [0.25, 0.3) is 0 Å². The van der Waals surface area contributed by atoms with Gasteiger partial charge < -0.3 is 0 Å². The molecule has 0 unspecified atom stereocenters. The summed E-state index contributed by atoms with van der Waals surface area (Å²) in [5, 5.41) is 15.1. The molecule has 1 aromatic carbocycles. The topological polar surface area (TPSA) is 43.1 Å². The van der Waals surface area contributed by atoms with Gasteiger partial charge in [0.25, 0.3) is 0 Å². The number of thioether (sulfide) groups is 1. The normalized spacial score (nSPS) is 21.8. The lowest BCUT2D eigenvalue weighted by Crippen LogP contribution is -2.23. The first-order valence-electron chi connectivity index (χ1n) is 8.50. The number of hydrogen-bond donors (Lipinski definition) is 0. The predicted octanol–water partition coefficient (Wildman–Crippen LogP) is 4.38. The van der Waals surface area contributed by atoms with Gasteiger partial charge in [-0.1, -0.05) is 60.9 Å². The second kappa shape index (κ2) is 6.11. The number of nitrogens with zero attached hydrogens (tertiary/aromatic N) is 4. The SMILES string of the molecule is Cc1ccc(C2=Nn3c(nnc3C3CCCCC3)S[C@@H]2C)cc1. The molecule has 5 heteroatoms. The summed E-state index contributed by atoms with van der Waals surface area (Å²) in [7, 11) is 0. The van der Waals surface area contributed by atoms with Crippen LogP contribution in [0.3, 0.4) is 0 Å². The summed E-state index contributed by atoms with van der Waals surface area (Å²) in [5.74, 6) is 1.57. The molecule has 0 amide bonds. The predicted molar refractivity (Wildman–Crippen MR) is 94.3 cm³/mol. The Morgan fingerprint density at radius 2 is 1.78 bits per heavy atom. The number of rotatable bonds is 2. The van der Waals surface area contributed by atoms with E-state index in [0.29, 0.717) is 11.2 Å². The second-order valence-electron chi connectivity index (χ2n) is 6.60. The van der Waals surface area contributed by atoms with Gasteiger partial charge in [-0.25, -0.2) is 0 Å². The van der Waals surface area contributed by atoms with Gasteiger partial charge in [-0.2, -0.15) is 9.78 Å². The Labute approximate surface area is 141 Å². The van der Waals surface area contributed by atoms with Gasteiger partial charge in [0.05, 0.1) is 11.0 Å². The Balaban J connectivity index is 1.73. The fraction of sp³-hybridized carbons (Fsp3) is 0.500. The standard InChI is InChI=1S/C18H22N4S/c1-12-8-10-14(11-9-12)16-13(2)23-18-20-19-17(22(18)21-16)15-6-4-3-5-7-15/h8-11,13,15H,3-7H2,1-2H3/t13-/m1/s1. The van der Waals surface area contributed by atoms with E-state index in [1.54, 1.807) is 11.8 Å². The summed E-state index contributed by atoms with van der Waals surface area (Å²) < 4.78 is 2.01. The molecule has 2 aliphatic rings. The van der Waals surface area contributed by atoms with Gasteiger partial charge in [0.2, 0.25) is 5.16 Å². The first-order valence-corrected chi connectivity index (χ1v) is 9.38. The van der Waals surface area contributed by atoms with Crippen LogP contribution in [0.15, 0.2) is 34.5 Å². The molecule has 0 radical (unpaired) electrons. The maximum absolute atomic E-state index is 4.95. The number of benzene rings is 1. The fourth-order valence-electron chi connectivity index (χ4n) is 3.48. The highest BCUT2D eigenvalue weighted by Gasteiger charge is 2.29. The molecule has 4 nitrogen and oxygen atoms in total. The molecule has 2 aromatic rings. The molecule has 0 N–H and O–H groups in total. The molecule has 0 saturated heterocycles. The molecule has 0 spiro atoms. The van der Waals surface area contributed by atoms with Crippen molar-refractivity contribution in [3.63, 3.8) is 0 Å². The molecule has 4 rings (SSSR count). The van der Waals surface area contributed by atoms with E-state index in [0.717, 1.165) is 16.7 Å². The van der Waals surface area contributed by atoms with Gasteiger partial charge in [0, 0.05) is 5.92 Å². The molecule has 120 valence electrons. The minimum Gasteiger partial charge on any atom is -0.191 e. The van der Waals surface area contributed by atoms with Gasteiger partial charge in [-0.15, -0.1) is 10.2 Å². The third kappa shape index (κ3) is 2.82. The van der Waals surface area contributed by atoms with Crippen molar-refractivity contribution in [2.24, 2.45) is 5.10 Å². The largest absolute Gasteiger partial charge is 0.212 e. The summed E-state index contributed by atoms with van der Waals surface area (Å²) >= 11 is 1.76. The highest BCUT2D eigenvalue weighted by Crippen LogP contribution is 2.36. The van der Waals surface area contributed by atoms with Crippen LogP contribution in [0.5, 0.6) is 0 Å². The van der Waals surface area contributed by atoms with Gasteiger partial charge in [-0.05, 0) is 32.3 Å². The van der Waals surface area contributed by atoms with E-state index < -0.39 is 0 Å². The Morgan fingerprint density at radius 3 is 2.52 bits per heavy atom. The lowest BCUT2D eigenvalue weighted by atomic mass is 9.89. The van der Waals surface area contributed by atoms with Crippen molar-refractivity contribution in [3.05, 3.63) is 41.2 Å². The van der Waals surface area contributed by atoms with Crippen molar-refractivity contribution >= 4 is 17.5 Å². The number of fused-ring (bicyclic) bond motifs is 1. The first-order chi connectivity index (χ1) is 11.2. The van der Waals surface area contributed by atoms with Crippen LogP contribution in [0.2, 0.25) is 0 Å². The third-order valence-corrected chi connectivity index (χ3v) is 5.87. The highest BCUT2D eigenvalue weighted by molar-refractivity contribution is 8.00. The maximum atomic E-state index is 4.95. The zero-order valence-corrected chi connectivity index (χ0v) is 14.5. The van der Waals surface area contributed by atoms with Gasteiger partial charge in [0.1, 0.15) is 0 Å². The highest BCUT2D eigenvalue weighted by atomic mass is 32.2. The number of aryl methyl sites for hydroxylation is 1. The molecule has 1 aliphatic heterocycles. The van der Waals surface area contributed by atoms with Gasteiger partial charge >= 0.3 is 0 Å². The van der Waals surface area contributed by atoms with Crippen LogP contribution >= 0.6 is 11.8 Å². The van der Waals surface area contributed by atoms with Crippen molar-refractivity contribution in [2.45, 2.75) is 62.3 Å². The quantitative estimate of drug-likeness (QED) is 0.822. The molecule has 1 aliphatic carbocycles. The van der Waals surface area contributed by atoms with E-state index in [1.165, 1.54) is 43.2 Å². The van der Waals surface area contributed by atoms with E-state index in [9.17, 15) is 0 Å². The molecule has 1 atom stereocenters. The van der Waals surface area contributed by atoms with E-state index in [2.05, 4.69) is 48.3 Å². The lowest BCUT2D eigenvalue weighted by Gasteiger charge is -2.23. The van der Waals surface area contributed by atoms with Crippen molar-refractivity contribution in [1.82, 2.24) is 14.9 Å². The second-order valence-corrected chi connectivity index (χ2v) is 7.91. The average Bonchev–Trinajstić information content (AvgIpc) is 2.98. The van der Waals surface area contributed by atoms with Crippen LogP contribution in [0, 0.1) is 6.92 Å². The van der Waals surface area contributed by atoms with Gasteiger partial charge in [0.15, 0.2) is 5.82 Å². The molecule has 1 saturated carbocycles. The Kier molecular flexibility index (Phi) is 3.97. The molecule has 23 heavy (non-hydrogen) atoms. The Hall–Kier alpha value is -1.62. The Bertz CT molecular complexity index is 726. The number of hydrogen-bond acceptors (Lipinski definition) is 4. The van der Waals surface area contributed by atoms with Crippen molar-refractivity contribution in [2.75, 3.05) is 0 Å². The molecular formula is C18H22N4S. The van der Waals surface area contributed by atoms with Crippen LogP contribution in [0.1, 0.15) is 61.9 Å².